The fourth-order valence-electron chi connectivity index (χ4n) is 1.28. The van der Waals surface area contributed by atoms with Crippen molar-refractivity contribution in [2.75, 3.05) is 19.8 Å². The van der Waals surface area contributed by atoms with Gasteiger partial charge in [0.1, 0.15) is 0 Å². The molecule has 0 aromatic carbocycles. The minimum Gasteiger partial charge on any atom is -0.380 e. The molecule has 5 nitrogen and oxygen atoms in total. The Hall–Kier alpha value is -0.980. The quantitative estimate of drug-likeness (QED) is 0.420. The first-order valence-electron chi connectivity index (χ1n) is 5.74. The van der Waals surface area contributed by atoms with Crippen LogP contribution in [0.2, 0.25) is 0 Å². The van der Waals surface area contributed by atoms with E-state index in [2.05, 4.69) is 12.2 Å². The van der Waals surface area contributed by atoms with E-state index in [0.29, 0.717) is 13.2 Å². The van der Waals surface area contributed by atoms with E-state index in [4.69, 9.17) is 4.74 Å². The maximum Gasteiger partial charge on any atom is 0.324 e. The fraction of sp³-hybridized carbons (Fsp3) is 0.636. The standard InChI is InChI=1S/C11H18N2O3S/c1-2-3-5-16-6-4-12-8-10-7-11(13(14)15)17-9-10/h7,9,12H,2-6,8H2,1H3. The van der Waals surface area contributed by atoms with E-state index in [0.717, 1.165) is 42.9 Å². The second-order valence-electron chi connectivity index (χ2n) is 3.69. The maximum absolute atomic E-state index is 10.5. The normalized spacial score (nSPS) is 10.6. The number of nitrogens with zero attached hydrogens (tertiary/aromatic N) is 1. The Bertz CT molecular complexity index is 341. The van der Waals surface area contributed by atoms with E-state index in [1.807, 2.05) is 5.38 Å². The third-order valence-electron chi connectivity index (χ3n) is 2.21. The molecule has 0 radical (unpaired) electrons. The van der Waals surface area contributed by atoms with Crippen molar-refractivity contribution >= 4 is 16.3 Å². The molecule has 1 aromatic heterocycles. The Balaban J connectivity index is 2.07. The van der Waals surface area contributed by atoms with Gasteiger partial charge in [-0.2, -0.15) is 0 Å². The monoisotopic (exact) mass is 258 g/mol. The zero-order chi connectivity index (χ0) is 12.5. The van der Waals surface area contributed by atoms with Gasteiger partial charge in [-0.15, -0.1) is 0 Å². The maximum atomic E-state index is 10.5. The summed E-state index contributed by atoms with van der Waals surface area (Å²) in [6.45, 7) is 5.05. The summed E-state index contributed by atoms with van der Waals surface area (Å²) in [7, 11) is 0. The molecule has 0 aliphatic rings. The fourth-order valence-corrected chi connectivity index (χ4v) is 2.01. The highest BCUT2D eigenvalue weighted by atomic mass is 32.1. The third-order valence-corrected chi connectivity index (χ3v) is 3.14. The predicted octanol–water partition coefficient (Wildman–Crippen LogP) is 2.56. The summed E-state index contributed by atoms with van der Waals surface area (Å²) in [6.07, 6.45) is 2.24. The van der Waals surface area contributed by atoms with Gasteiger partial charge in [0.25, 0.3) is 0 Å². The summed E-state index contributed by atoms with van der Waals surface area (Å²) in [4.78, 5) is 10.1. The van der Waals surface area contributed by atoms with Gasteiger partial charge >= 0.3 is 5.00 Å². The highest BCUT2D eigenvalue weighted by Crippen LogP contribution is 2.22. The second kappa shape index (κ2) is 8.16. The molecule has 0 unspecified atom stereocenters. The Morgan fingerprint density at radius 1 is 1.53 bits per heavy atom. The van der Waals surface area contributed by atoms with E-state index >= 15 is 0 Å². The summed E-state index contributed by atoms with van der Waals surface area (Å²) in [5, 5.41) is 15.7. The number of thiophene rings is 1. The zero-order valence-corrected chi connectivity index (χ0v) is 10.8. The summed E-state index contributed by atoms with van der Waals surface area (Å²) in [5.41, 5.74) is 0.954. The third kappa shape index (κ3) is 5.76. The van der Waals surface area contributed by atoms with Crippen molar-refractivity contribution in [3.8, 4) is 0 Å². The molecule has 6 heteroatoms. The van der Waals surface area contributed by atoms with Crippen LogP contribution in [0.4, 0.5) is 5.00 Å². The van der Waals surface area contributed by atoms with Crippen LogP contribution in [-0.4, -0.2) is 24.7 Å². The van der Waals surface area contributed by atoms with Gasteiger partial charge in [0.05, 0.1) is 11.5 Å². The van der Waals surface area contributed by atoms with Crippen molar-refractivity contribution in [3.63, 3.8) is 0 Å². The first-order chi connectivity index (χ1) is 8.24. The molecule has 0 saturated carbocycles. The van der Waals surface area contributed by atoms with Gasteiger partial charge in [-0.1, -0.05) is 24.7 Å². The number of unbranched alkanes of at least 4 members (excludes halogenated alkanes) is 1. The lowest BCUT2D eigenvalue weighted by Gasteiger charge is -2.04. The van der Waals surface area contributed by atoms with Crippen LogP contribution in [0.15, 0.2) is 11.4 Å². The number of hydrogen-bond acceptors (Lipinski definition) is 5. The SMILES string of the molecule is CCCCOCCNCc1csc([N+](=O)[O-])c1. The van der Waals surface area contributed by atoms with E-state index in [1.54, 1.807) is 6.07 Å². The molecular formula is C11H18N2O3S. The number of nitrogens with one attached hydrogen (secondary N) is 1. The minimum absolute atomic E-state index is 0.195. The van der Waals surface area contributed by atoms with Crippen LogP contribution >= 0.6 is 11.3 Å². The largest absolute Gasteiger partial charge is 0.380 e. The molecule has 17 heavy (non-hydrogen) atoms. The predicted molar refractivity (Wildman–Crippen MR) is 68.4 cm³/mol. The van der Waals surface area contributed by atoms with E-state index in [1.165, 1.54) is 0 Å². The topological polar surface area (TPSA) is 64.4 Å². The average Bonchev–Trinajstić information content (AvgIpc) is 2.77. The molecule has 0 atom stereocenters. The number of rotatable bonds is 9. The summed E-state index contributed by atoms with van der Waals surface area (Å²) >= 11 is 1.16. The van der Waals surface area contributed by atoms with E-state index in [9.17, 15) is 10.1 Å². The second-order valence-corrected chi connectivity index (χ2v) is 4.58. The summed E-state index contributed by atoms with van der Waals surface area (Å²) < 4.78 is 5.39. The molecule has 0 spiro atoms. The van der Waals surface area contributed by atoms with Crippen LogP contribution in [0.25, 0.3) is 0 Å². The molecule has 0 fully saturated rings. The lowest BCUT2D eigenvalue weighted by atomic mass is 10.3. The Labute approximate surface area is 105 Å². The molecule has 0 amide bonds. The molecule has 1 heterocycles. The van der Waals surface area contributed by atoms with Gasteiger partial charge in [0.15, 0.2) is 0 Å². The lowest BCUT2D eigenvalue weighted by Crippen LogP contribution is -2.19. The molecule has 0 aliphatic carbocycles. The van der Waals surface area contributed by atoms with Crippen LogP contribution in [0.1, 0.15) is 25.3 Å². The first kappa shape index (κ1) is 14.1. The van der Waals surface area contributed by atoms with Crippen molar-refractivity contribution in [1.29, 1.82) is 0 Å². The van der Waals surface area contributed by atoms with Crippen molar-refractivity contribution in [2.45, 2.75) is 26.3 Å². The van der Waals surface area contributed by atoms with Gasteiger partial charge in [0.2, 0.25) is 0 Å². The minimum atomic E-state index is -0.359. The lowest BCUT2D eigenvalue weighted by molar-refractivity contribution is -0.380. The average molecular weight is 258 g/mol. The first-order valence-corrected chi connectivity index (χ1v) is 6.62. The molecule has 1 rings (SSSR count). The molecule has 0 bridgehead atoms. The van der Waals surface area contributed by atoms with Crippen LogP contribution in [0.5, 0.6) is 0 Å². The molecule has 0 aliphatic heterocycles. The van der Waals surface area contributed by atoms with Gasteiger partial charge in [-0.3, -0.25) is 10.1 Å². The van der Waals surface area contributed by atoms with E-state index in [-0.39, 0.29) is 9.92 Å². The zero-order valence-electron chi connectivity index (χ0n) is 9.98. The highest BCUT2D eigenvalue weighted by molar-refractivity contribution is 7.13. The molecule has 1 aromatic rings. The molecule has 1 N–H and O–H groups in total. The van der Waals surface area contributed by atoms with Crippen LogP contribution in [0.3, 0.4) is 0 Å². The van der Waals surface area contributed by atoms with Crippen molar-refractivity contribution < 1.29 is 9.66 Å². The van der Waals surface area contributed by atoms with Crippen LogP contribution in [0, 0.1) is 10.1 Å². The molecule has 0 saturated heterocycles. The molecule has 96 valence electrons. The van der Waals surface area contributed by atoms with Crippen LogP contribution < -0.4 is 5.32 Å². The van der Waals surface area contributed by atoms with Crippen molar-refractivity contribution in [1.82, 2.24) is 5.32 Å². The Kier molecular flexibility index (Phi) is 6.76. The number of ether oxygens (including phenoxy) is 1. The summed E-state index contributed by atoms with van der Waals surface area (Å²) in [6, 6.07) is 1.61. The van der Waals surface area contributed by atoms with Gasteiger partial charge in [-0.05, 0) is 12.0 Å². The van der Waals surface area contributed by atoms with Crippen molar-refractivity contribution in [2.24, 2.45) is 0 Å². The van der Waals surface area contributed by atoms with Gasteiger partial charge in [0, 0.05) is 31.1 Å². The van der Waals surface area contributed by atoms with Gasteiger partial charge in [-0.25, -0.2) is 0 Å². The summed E-state index contributed by atoms with van der Waals surface area (Å²) in [5.74, 6) is 0. The number of nitro groups is 1. The van der Waals surface area contributed by atoms with Crippen molar-refractivity contribution in [3.05, 3.63) is 27.1 Å². The number of hydrogen-bond donors (Lipinski definition) is 1. The van der Waals surface area contributed by atoms with Gasteiger partial charge < -0.3 is 10.1 Å². The smallest absolute Gasteiger partial charge is 0.324 e. The highest BCUT2D eigenvalue weighted by Gasteiger charge is 2.08. The molecular weight excluding hydrogens is 240 g/mol. The van der Waals surface area contributed by atoms with Crippen LogP contribution in [-0.2, 0) is 11.3 Å². The Morgan fingerprint density at radius 2 is 2.35 bits per heavy atom. The Morgan fingerprint density at radius 3 is 3.00 bits per heavy atom. The van der Waals surface area contributed by atoms with E-state index < -0.39 is 0 Å².